The van der Waals surface area contributed by atoms with Crippen molar-refractivity contribution in [1.82, 2.24) is 14.4 Å². The summed E-state index contributed by atoms with van der Waals surface area (Å²) >= 11 is 0. The smallest absolute Gasteiger partial charge is 0.271 e. The van der Waals surface area contributed by atoms with E-state index in [4.69, 9.17) is 4.74 Å². The average Bonchev–Trinajstić information content (AvgIpc) is 3.15. The van der Waals surface area contributed by atoms with Crippen LogP contribution in [0.2, 0.25) is 0 Å². The van der Waals surface area contributed by atoms with Gasteiger partial charge >= 0.3 is 0 Å². The van der Waals surface area contributed by atoms with Crippen molar-refractivity contribution < 1.29 is 19.4 Å². The number of nitrogens with zero attached hydrogens (tertiary/aromatic N) is 3. The summed E-state index contributed by atoms with van der Waals surface area (Å²) in [6, 6.07) is 15.7. The van der Waals surface area contributed by atoms with Gasteiger partial charge in [-0.1, -0.05) is 49.4 Å². The predicted octanol–water partition coefficient (Wildman–Crippen LogP) is 3.68. The summed E-state index contributed by atoms with van der Waals surface area (Å²) in [7, 11) is 3.69. The Kier molecular flexibility index (Phi) is 7.28. The molecule has 0 saturated heterocycles. The highest BCUT2D eigenvalue weighted by molar-refractivity contribution is 6.10. The first-order valence-corrected chi connectivity index (χ1v) is 12.1. The highest BCUT2D eigenvalue weighted by Crippen LogP contribution is 2.38. The second-order valence-corrected chi connectivity index (χ2v) is 9.67. The minimum atomic E-state index is -0.377. The van der Waals surface area contributed by atoms with Gasteiger partial charge in [0.1, 0.15) is 5.69 Å². The van der Waals surface area contributed by atoms with Gasteiger partial charge < -0.3 is 24.2 Å². The summed E-state index contributed by atoms with van der Waals surface area (Å²) < 4.78 is 8.43. The fraction of sp³-hybridized carbons (Fsp3) is 0.429. The van der Waals surface area contributed by atoms with E-state index >= 15 is 0 Å². The Labute approximate surface area is 206 Å². The van der Waals surface area contributed by atoms with Crippen molar-refractivity contribution in [3.63, 3.8) is 0 Å². The van der Waals surface area contributed by atoms with E-state index in [1.165, 1.54) is 6.92 Å². The summed E-state index contributed by atoms with van der Waals surface area (Å²) in [6.07, 6.45) is -0.281. The summed E-state index contributed by atoms with van der Waals surface area (Å²) in [4.78, 5) is 29.6. The molecular formula is C28H35N3O4. The van der Waals surface area contributed by atoms with Crippen LogP contribution in [0.5, 0.6) is 0 Å². The van der Waals surface area contributed by atoms with Gasteiger partial charge in [0, 0.05) is 56.5 Å². The number of para-hydroxylation sites is 1. The van der Waals surface area contributed by atoms with Crippen LogP contribution in [0.4, 0.5) is 0 Å². The summed E-state index contributed by atoms with van der Waals surface area (Å²) in [5.74, 6) is -0.230. The molecule has 7 heteroatoms. The standard InChI is InChI=1S/C28H35N3O4/c1-18-14-31(19(2)16-32)28(34)27-26(23-12-8-9-13-24(23)30(27)5)22-11-7-6-10-21(22)17-35-25(18)15-29(4)20(3)33/h6-13,18-19,25,32H,14-17H2,1-5H3/t18-,19-,25+/m1/s1. The van der Waals surface area contributed by atoms with E-state index in [-0.39, 0.29) is 36.5 Å². The molecule has 0 spiro atoms. The molecule has 1 aliphatic heterocycles. The first-order chi connectivity index (χ1) is 16.7. The van der Waals surface area contributed by atoms with Crippen LogP contribution >= 0.6 is 0 Å². The van der Waals surface area contributed by atoms with Crippen LogP contribution in [0.3, 0.4) is 0 Å². The zero-order valence-electron chi connectivity index (χ0n) is 21.2. The lowest BCUT2D eigenvalue weighted by Crippen LogP contribution is -2.47. The number of aryl methyl sites for hydroxylation is 1. The van der Waals surface area contributed by atoms with Gasteiger partial charge in [-0.2, -0.15) is 0 Å². The van der Waals surface area contributed by atoms with Crippen LogP contribution < -0.4 is 0 Å². The van der Waals surface area contributed by atoms with Crippen molar-refractivity contribution in [1.29, 1.82) is 0 Å². The number of rotatable bonds is 4. The molecule has 3 aromatic rings. The quantitative estimate of drug-likeness (QED) is 0.622. The van der Waals surface area contributed by atoms with Crippen LogP contribution in [0.25, 0.3) is 22.0 Å². The van der Waals surface area contributed by atoms with Crippen LogP contribution in [-0.4, -0.2) is 70.2 Å². The van der Waals surface area contributed by atoms with E-state index < -0.39 is 0 Å². The molecule has 4 rings (SSSR count). The Morgan fingerprint density at radius 2 is 1.89 bits per heavy atom. The van der Waals surface area contributed by atoms with Gasteiger partial charge in [0.2, 0.25) is 5.91 Å². The van der Waals surface area contributed by atoms with E-state index in [0.717, 1.165) is 27.6 Å². The van der Waals surface area contributed by atoms with Crippen molar-refractivity contribution in [2.75, 3.05) is 26.7 Å². The number of hydrogen-bond acceptors (Lipinski definition) is 4. The number of carbonyl (C=O) groups is 2. The number of carbonyl (C=O) groups excluding carboxylic acids is 2. The molecule has 0 aliphatic carbocycles. The van der Waals surface area contributed by atoms with Crippen LogP contribution in [0, 0.1) is 5.92 Å². The Morgan fingerprint density at radius 3 is 2.60 bits per heavy atom. The number of benzene rings is 2. The van der Waals surface area contributed by atoms with E-state index in [2.05, 4.69) is 0 Å². The molecule has 1 N–H and O–H groups in total. The van der Waals surface area contributed by atoms with E-state index in [0.29, 0.717) is 25.4 Å². The fourth-order valence-electron chi connectivity index (χ4n) is 4.92. The number of hydrogen-bond donors (Lipinski definition) is 1. The normalized spacial score (nSPS) is 19.6. The maximum absolute atomic E-state index is 14.2. The molecule has 0 bridgehead atoms. The zero-order chi connectivity index (χ0) is 25.3. The number of fused-ring (bicyclic) bond motifs is 5. The van der Waals surface area contributed by atoms with Crippen LogP contribution in [-0.2, 0) is 23.2 Å². The van der Waals surface area contributed by atoms with Crippen LogP contribution in [0.1, 0.15) is 36.8 Å². The summed E-state index contributed by atoms with van der Waals surface area (Å²) in [6.45, 7) is 6.47. The van der Waals surface area contributed by atoms with Gasteiger partial charge in [-0.15, -0.1) is 0 Å². The number of aliphatic hydroxyl groups is 1. The number of aromatic nitrogens is 1. The number of ether oxygens (including phenoxy) is 1. The molecule has 35 heavy (non-hydrogen) atoms. The van der Waals surface area contributed by atoms with Gasteiger partial charge in [-0.3, -0.25) is 9.59 Å². The Hall–Kier alpha value is -3.16. The van der Waals surface area contributed by atoms with Gasteiger partial charge in [0.25, 0.3) is 5.91 Å². The molecule has 1 aliphatic rings. The number of amides is 2. The molecule has 2 heterocycles. The largest absolute Gasteiger partial charge is 0.394 e. The minimum Gasteiger partial charge on any atom is -0.394 e. The van der Waals surface area contributed by atoms with Gasteiger partial charge in [-0.25, -0.2) is 0 Å². The zero-order valence-corrected chi connectivity index (χ0v) is 21.2. The topological polar surface area (TPSA) is 75.0 Å². The van der Waals surface area contributed by atoms with Crippen molar-refractivity contribution in [2.24, 2.45) is 13.0 Å². The molecule has 2 aromatic carbocycles. The molecular weight excluding hydrogens is 442 g/mol. The molecule has 1 aromatic heterocycles. The number of likely N-dealkylation sites (N-methyl/N-ethyl adjacent to an activating group) is 1. The molecule has 186 valence electrons. The lowest BCUT2D eigenvalue weighted by molar-refractivity contribution is -0.130. The molecule has 0 radical (unpaired) electrons. The molecule has 0 fully saturated rings. The van der Waals surface area contributed by atoms with Crippen molar-refractivity contribution in [3.05, 3.63) is 59.8 Å². The third-order valence-corrected chi connectivity index (χ3v) is 7.22. The second-order valence-electron chi connectivity index (χ2n) is 9.67. The van der Waals surface area contributed by atoms with Gasteiger partial charge in [-0.05, 0) is 24.1 Å². The predicted molar refractivity (Wildman–Crippen MR) is 137 cm³/mol. The summed E-state index contributed by atoms with van der Waals surface area (Å²) in [5.41, 5.74) is 4.41. The third-order valence-electron chi connectivity index (χ3n) is 7.22. The lowest BCUT2D eigenvalue weighted by atomic mass is 9.96. The third kappa shape index (κ3) is 4.70. The molecule has 2 amide bonds. The Morgan fingerprint density at radius 1 is 1.20 bits per heavy atom. The van der Waals surface area contributed by atoms with Gasteiger partial charge in [0.15, 0.2) is 0 Å². The highest BCUT2D eigenvalue weighted by atomic mass is 16.5. The second kappa shape index (κ2) is 10.2. The Balaban J connectivity index is 1.93. The van der Waals surface area contributed by atoms with E-state index in [1.54, 1.807) is 16.8 Å². The molecule has 0 saturated carbocycles. The monoisotopic (exact) mass is 477 g/mol. The van der Waals surface area contributed by atoms with Crippen LogP contribution in [0.15, 0.2) is 48.5 Å². The maximum Gasteiger partial charge on any atom is 0.271 e. The fourth-order valence-corrected chi connectivity index (χ4v) is 4.92. The van der Waals surface area contributed by atoms with Gasteiger partial charge in [0.05, 0.1) is 25.4 Å². The average molecular weight is 478 g/mol. The Bertz CT molecular complexity index is 1230. The number of aliphatic hydroxyl groups excluding tert-OH is 1. The minimum absolute atomic E-state index is 0.0361. The first-order valence-electron chi connectivity index (χ1n) is 12.1. The molecule has 7 nitrogen and oxygen atoms in total. The highest BCUT2D eigenvalue weighted by Gasteiger charge is 2.33. The maximum atomic E-state index is 14.2. The van der Waals surface area contributed by atoms with E-state index in [1.807, 2.05) is 74.0 Å². The van der Waals surface area contributed by atoms with E-state index in [9.17, 15) is 14.7 Å². The first kappa shape index (κ1) is 24.9. The molecule has 3 atom stereocenters. The van der Waals surface area contributed by atoms with Crippen molar-refractivity contribution >= 4 is 22.7 Å². The van der Waals surface area contributed by atoms with Crippen molar-refractivity contribution in [3.8, 4) is 11.1 Å². The summed E-state index contributed by atoms with van der Waals surface area (Å²) in [5, 5.41) is 11.1. The SMILES string of the molecule is CC(=O)N(C)C[C@@H]1OCc2ccccc2-c2c(n(C)c3ccccc23)C(=O)N([C@H](C)CO)C[C@H]1C. The molecule has 0 unspecified atom stereocenters. The lowest BCUT2D eigenvalue weighted by Gasteiger charge is -2.35. The van der Waals surface area contributed by atoms with Crippen molar-refractivity contribution in [2.45, 2.75) is 39.5 Å².